The van der Waals surface area contributed by atoms with Crippen LogP contribution in [0.25, 0.3) is 0 Å². The van der Waals surface area contributed by atoms with E-state index in [1.165, 1.54) is 4.90 Å². The highest BCUT2D eigenvalue weighted by atomic mass is 16.3. The Morgan fingerprint density at radius 2 is 1.71 bits per heavy atom. The summed E-state index contributed by atoms with van der Waals surface area (Å²) >= 11 is 0. The van der Waals surface area contributed by atoms with Crippen molar-refractivity contribution < 1.29 is 19.5 Å². The maximum Gasteiger partial charge on any atom is 0.261 e. The molecule has 1 N–H and O–H groups in total. The van der Waals surface area contributed by atoms with Gasteiger partial charge in [-0.15, -0.1) is 0 Å². The van der Waals surface area contributed by atoms with Gasteiger partial charge in [0.25, 0.3) is 11.8 Å². The normalized spacial score (nSPS) is 18.0. The van der Waals surface area contributed by atoms with E-state index in [1.54, 1.807) is 29.2 Å². The third kappa shape index (κ3) is 2.42. The zero-order chi connectivity index (χ0) is 15.0. The van der Waals surface area contributed by atoms with E-state index in [0.717, 1.165) is 0 Å². The molecule has 1 aromatic carbocycles. The molecule has 6 nitrogen and oxygen atoms in total. The molecule has 3 rings (SSSR count). The Kier molecular flexibility index (Phi) is 3.47. The van der Waals surface area contributed by atoms with E-state index in [0.29, 0.717) is 30.6 Å². The number of hydrogen-bond donors (Lipinski definition) is 1. The lowest BCUT2D eigenvalue weighted by Gasteiger charge is -2.36. The van der Waals surface area contributed by atoms with E-state index in [-0.39, 0.29) is 30.7 Å². The Bertz CT molecular complexity index is 572. The Hall–Kier alpha value is -2.21. The molecule has 2 aliphatic rings. The molecule has 0 unspecified atom stereocenters. The molecule has 0 aromatic heterocycles. The molecule has 21 heavy (non-hydrogen) atoms. The summed E-state index contributed by atoms with van der Waals surface area (Å²) in [7, 11) is 0. The summed E-state index contributed by atoms with van der Waals surface area (Å²) in [5.74, 6) is -0.623. The van der Waals surface area contributed by atoms with Crippen molar-refractivity contribution in [3.63, 3.8) is 0 Å². The fourth-order valence-corrected chi connectivity index (χ4v) is 2.65. The third-order valence-electron chi connectivity index (χ3n) is 3.87. The number of amides is 3. The van der Waals surface area contributed by atoms with Crippen LogP contribution >= 0.6 is 0 Å². The summed E-state index contributed by atoms with van der Waals surface area (Å²) in [4.78, 5) is 38.7. The number of carbonyl (C=O) groups is 3. The van der Waals surface area contributed by atoms with E-state index in [4.69, 9.17) is 5.11 Å². The number of nitrogens with zero attached hydrogens (tertiary/aromatic N) is 2. The first-order valence-electron chi connectivity index (χ1n) is 6.99. The number of aliphatic hydroxyl groups excluding tert-OH is 1. The zero-order valence-electron chi connectivity index (χ0n) is 11.5. The van der Waals surface area contributed by atoms with Gasteiger partial charge in [0.05, 0.1) is 17.2 Å². The van der Waals surface area contributed by atoms with Crippen LogP contribution in [0.1, 0.15) is 33.6 Å². The van der Waals surface area contributed by atoms with Crippen LogP contribution in [0, 0.1) is 0 Å². The summed E-state index contributed by atoms with van der Waals surface area (Å²) in [5, 5.41) is 9.14. The quantitative estimate of drug-likeness (QED) is 0.807. The third-order valence-corrected chi connectivity index (χ3v) is 3.87. The predicted octanol–water partition coefficient (Wildman–Crippen LogP) is 0.266. The second kappa shape index (κ2) is 5.29. The minimum absolute atomic E-state index is 0.0445. The van der Waals surface area contributed by atoms with Crippen LogP contribution in [0.15, 0.2) is 24.3 Å². The van der Waals surface area contributed by atoms with Crippen molar-refractivity contribution in [3.8, 4) is 0 Å². The van der Waals surface area contributed by atoms with Gasteiger partial charge >= 0.3 is 0 Å². The largest absolute Gasteiger partial charge is 0.389 e. The van der Waals surface area contributed by atoms with Gasteiger partial charge in [-0.2, -0.15) is 0 Å². The number of hydrogen-bond acceptors (Lipinski definition) is 4. The first-order valence-corrected chi connectivity index (χ1v) is 6.99. The van der Waals surface area contributed by atoms with Crippen LogP contribution in [0.3, 0.4) is 0 Å². The zero-order valence-corrected chi connectivity index (χ0v) is 11.5. The summed E-state index contributed by atoms with van der Waals surface area (Å²) < 4.78 is 0. The van der Waals surface area contributed by atoms with E-state index in [2.05, 4.69) is 0 Å². The van der Waals surface area contributed by atoms with Crippen LogP contribution < -0.4 is 0 Å². The molecule has 0 atom stereocenters. The summed E-state index contributed by atoms with van der Waals surface area (Å²) in [6, 6.07) is 6.74. The van der Waals surface area contributed by atoms with Crippen LogP contribution in [-0.2, 0) is 4.79 Å². The number of carbonyl (C=O) groups excluding carboxylic acids is 3. The van der Waals surface area contributed by atoms with Crippen molar-refractivity contribution in [3.05, 3.63) is 35.4 Å². The maximum absolute atomic E-state index is 12.1. The number of aliphatic hydroxyl groups is 1. The van der Waals surface area contributed by atoms with Gasteiger partial charge in [-0.1, -0.05) is 12.1 Å². The number of rotatable bonds is 4. The maximum atomic E-state index is 12.1. The number of fused-ring (bicyclic) bond motifs is 1. The van der Waals surface area contributed by atoms with Crippen molar-refractivity contribution in [2.75, 3.05) is 19.6 Å². The highest BCUT2D eigenvalue weighted by molar-refractivity contribution is 6.21. The number of imide groups is 1. The SMILES string of the molecule is O=C(CCCN1C(=O)c2ccccc2C1=O)N1CC(O)C1. The average Bonchev–Trinajstić information content (AvgIpc) is 2.69. The van der Waals surface area contributed by atoms with Gasteiger partial charge in [0.1, 0.15) is 0 Å². The van der Waals surface area contributed by atoms with Gasteiger partial charge in [0.2, 0.25) is 5.91 Å². The molecule has 0 spiro atoms. The molecule has 0 saturated carbocycles. The van der Waals surface area contributed by atoms with E-state index in [1.807, 2.05) is 0 Å². The molecule has 110 valence electrons. The monoisotopic (exact) mass is 288 g/mol. The molecule has 1 saturated heterocycles. The van der Waals surface area contributed by atoms with Gasteiger partial charge in [-0.25, -0.2) is 0 Å². The summed E-state index contributed by atoms with van der Waals surface area (Å²) in [6.07, 6.45) is 0.307. The van der Waals surface area contributed by atoms with Crippen molar-refractivity contribution in [2.45, 2.75) is 18.9 Å². The van der Waals surface area contributed by atoms with Gasteiger partial charge in [0.15, 0.2) is 0 Å². The molecule has 0 radical (unpaired) electrons. The fraction of sp³-hybridized carbons (Fsp3) is 0.400. The Morgan fingerprint density at radius 3 is 2.24 bits per heavy atom. The van der Waals surface area contributed by atoms with Crippen LogP contribution in [0.5, 0.6) is 0 Å². The van der Waals surface area contributed by atoms with Gasteiger partial charge in [-0.3, -0.25) is 19.3 Å². The van der Waals surface area contributed by atoms with Crippen molar-refractivity contribution in [2.24, 2.45) is 0 Å². The van der Waals surface area contributed by atoms with Crippen LogP contribution in [0.4, 0.5) is 0 Å². The van der Waals surface area contributed by atoms with Gasteiger partial charge < -0.3 is 10.0 Å². The average molecular weight is 288 g/mol. The molecule has 1 fully saturated rings. The Morgan fingerprint density at radius 1 is 1.14 bits per heavy atom. The molecule has 1 aromatic rings. The standard InChI is InChI=1S/C15H16N2O4/c18-10-8-16(9-10)13(19)6-3-7-17-14(20)11-4-1-2-5-12(11)15(17)21/h1-2,4-5,10,18H,3,6-9H2. The Labute approximate surface area is 122 Å². The van der Waals surface area contributed by atoms with Crippen LogP contribution in [-0.4, -0.2) is 58.4 Å². The molecule has 0 bridgehead atoms. The minimum atomic E-state index is -0.412. The summed E-state index contributed by atoms with van der Waals surface area (Å²) in [6.45, 7) is 1.01. The second-order valence-corrected chi connectivity index (χ2v) is 5.36. The Balaban J connectivity index is 1.54. The first kappa shape index (κ1) is 13.8. The lowest BCUT2D eigenvalue weighted by Crippen LogP contribution is -2.53. The second-order valence-electron chi connectivity index (χ2n) is 5.36. The lowest BCUT2D eigenvalue weighted by atomic mass is 10.1. The highest BCUT2D eigenvalue weighted by Crippen LogP contribution is 2.22. The molecular formula is C15H16N2O4. The highest BCUT2D eigenvalue weighted by Gasteiger charge is 2.35. The topological polar surface area (TPSA) is 77.9 Å². The van der Waals surface area contributed by atoms with E-state index in [9.17, 15) is 14.4 Å². The number of β-amino-alcohol motifs (C(OH)–C–C–N with tert-alkyl or cyclic N) is 1. The molecule has 2 heterocycles. The molecular weight excluding hydrogens is 272 g/mol. The number of benzene rings is 1. The van der Waals surface area contributed by atoms with Gasteiger partial charge in [-0.05, 0) is 18.6 Å². The lowest BCUT2D eigenvalue weighted by molar-refractivity contribution is -0.141. The van der Waals surface area contributed by atoms with E-state index < -0.39 is 6.10 Å². The molecule has 6 heteroatoms. The van der Waals surface area contributed by atoms with Crippen molar-refractivity contribution >= 4 is 17.7 Å². The van der Waals surface area contributed by atoms with Crippen molar-refractivity contribution in [1.82, 2.24) is 9.80 Å². The van der Waals surface area contributed by atoms with E-state index >= 15 is 0 Å². The number of likely N-dealkylation sites (tertiary alicyclic amines) is 1. The smallest absolute Gasteiger partial charge is 0.261 e. The van der Waals surface area contributed by atoms with Crippen molar-refractivity contribution in [1.29, 1.82) is 0 Å². The van der Waals surface area contributed by atoms with Crippen LogP contribution in [0.2, 0.25) is 0 Å². The molecule has 0 aliphatic carbocycles. The predicted molar refractivity (Wildman–Crippen MR) is 73.6 cm³/mol. The fourth-order valence-electron chi connectivity index (χ4n) is 2.65. The molecule has 3 amide bonds. The molecule has 2 aliphatic heterocycles. The van der Waals surface area contributed by atoms with Gasteiger partial charge in [0, 0.05) is 26.1 Å². The minimum Gasteiger partial charge on any atom is -0.389 e. The first-order chi connectivity index (χ1) is 10.1. The summed E-state index contributed by atoms with van der Waals surface area (Å²) in [5.41, 5.74) is 0.861.